The number of hydrogen-bond donors (Lipinski definition) is 1. The van der Waals surface area contributed by atoms with E-state index in [1.54, 1.807) is 4.68 Å². The standard InChI is InChI=1S/C22H25N7O2/c1-27(2)17-8-9-19(20(14-17)28-10-12-31-13-11-28)25-26-22-18(21(23)30)15-24-29(22)16-6-4-3-5-7-16/h3-9,14-15H,10-13H2,1-2H3,(H2,23,30). The molecule has 0 radical (unpaired) electrons. The summed E-state index contributed by atoms with van der Waals surface area (Å²) in [7, 11) is 3.99. The van der Waals surface area contributed by atoms with Crippen LogP contribution in [0.4, 0.5) is 22.9 Å². The molecule has 1 saturated heterocycles. The molecule has 31 heavy (non-hydrogen) atoms. The molecule has 2 heterocycles. The summed E-state index contributed by atoms with van der Waals surface area (Å²) in [6.45, 7) is 2.87. The first-order valence-corrected chi connectivity index (χ1v) is 10.0. The summed E-state index contributed by atoms with van der Waals surface area (Å²) in [5.74, 6) is -0.309. The number of hydrogen-bond acceptors (Lipinski definition) is 7. The lowest BCUT2D eigenvalue weighted by Gasteiger charge is -2.30. The number of carbonyl (C=O) groups is 1. The van der Waals surface area contributed by atoms with E-state index < -0.39 is 5.91 Å². The minimum atomic E-state index is -0.604. The number of nitrogens with zero attached hydrogens (tertiary/aromatic N) is 6. The molecule has 0 atom stereocenters. The van der Waals surface area contributed by atoms with E-state index in [-0.39, 0.29) is 5.56 Å². The zero-order chi connectivity index (χ0) is 21.8. The van der Waals surface area contributed by atoms with Crippen molar-refractivity contribution in [1.29, 1.82) is 0 Å². The Morgan fingerprint density at radius 2 is 1.84 bits per heavy atom. The number of aromatic nitrogens is 2. The normalized spacial score (nSPS) is 14.2. The fourth-order valence-electron chi connectivity index (χ4n) is 3.40. The second-order valence-electron chi connectivity index (χ2n) is 7.36. The monoisotopic (exact) mass is 419 g/mol. The lowest BCUT2D eigenvalue weighted by molar-refractivity contribution is 0.100. The number of morpholine rings is 1. The van der Waals surface area contributed by atoms with Gasteiger partial charge in [0.15, 0.2) is 5.82 Å². The van der Waals surface area contributed by atoms with Gasteiger partial charge in [-0.2, -0.15) is 5.10 Å². The summed E-state index contributed by atoms with van der Waals surface area (Å²) >= 11 is 0. The Balaban J connectivity index is 1.76. The number of ether oxygens (including phenoxy) is 1. The zero-order valence-electron chi connectivity index (χ0n) is 17.6. The van der Waals surface area contributed by atoms with E-state index in [1.807, 2.05) is 61.5 Å². The molecule has 9 nitrogen and oxygen atoms in total. The largest absolute Gasteiger partial charge is 0.378 e. The fraction of sp³-hybridized carbons (Fsp3) is 0.273. The number of rotatable bonds is 6. The molecule has 3 aromatic rings. The number of benzene rings is 2. The van der Waals surface area contributed by atoms with Crippen LogP contribution in [0.15, 0.2) is 65.0 Å². The Kier molecular flexibility index (Phi) is 5.94. The van der Waals surface area contributed by atoms with Crippen molar-refractivity contribution in [3.63, 3.8) is 0 Å². The van der Waals surface area contributed by atoms with Crippen LogP contribution in [0.1, 0.15) is 10.4 Å². The summed E-state index contributed by atoms with van der Waals surface area (Å²) < 4.78 is 7.06. The minimum Gasteiger partial charge on any atom is -0.378 e. The van der Waals surface area contributed by atoms with Crippen molar-refractivity contribution in [2.24, 2.45) is 16.0 Å². The molecule has 2 aromatic carbocycles. The van der Waals surface area contributed by atoms with Gasteiger partial charge in [0.2, 0.25) is 0 Å². The van der Waals surface area contributed by atoms with Crippen LogP contribution in [0.2, 0.25) is 0 Å². The molecular formula is C22H25N7O2. The van der Waals surface area contributed by atoms with Gasteiger partial charge in [0, 0.05) is 32.9 Å². The van der Waals surface area contributed by atoms with Crippen molar-refractivity contribution in [3.05, 3.63) is 60.3 Å². The quantitative estimate of drug-likeness (QED) is 0.618. The summed E-state index contributed by atoms with van der Waals surface area (Å²) in [4.78, 5) is 16.2. The lowest BCUT2D eigenvalue weighted by Crippen LogP contribution is -2.36. The van der Waals surface area contributed by atoms with E-state index >= 15 is 0 Å². The molecule has 160 valence electrons. The molecule has 2 N–H and O–H groups in total. The molecule has 1 aromatic heterocycles. The van der Waals surface area contributed by atoms with Crippen LogP contribution >= 0.6 is 0 Å². The van der Waals surface area contributed by atoms with Crippen LogP contribution in [0, 0.1) is 0 Å². The Bertz CT molecular complexity index is 1090. The van der Waals surface area contributed by atoms with Crippen molar-refractivity contribution in [3.8, 4) is 5.69 Å². The van der Waals surface area contributed by atoms with Gasteiger partial charge in [0.25, 0.3) is 5.91 Å². The molecule has 1 aliphatic heterocycles. The van der Waals surface area contributed by atoms with Gasteiger partial charge >= 0.3 is 0 Å². The van der Waals surface area contributed by atoms with Gasteiger partial charge in [-0.15, -0.1) is 10.2 Å². The SMILES string of the molecule is CN(C)c1ccc(N=Nc2c(C(N)=O)cnn2-c2ccccc2)c(N2CCOCC2)c1. The Labute approximate surface area is 180 Å². The third kappa shape index (κ3) is 4.41. The van der Waals surface area contributed by atoms with E-state index in [0.29, 0.717) is 24.7 Å². The highest BCUT2D eigenvalue weighted by molar-refractivity contribution is 5.97. The number of carbonyl (C=O) groups excluding carboxylic acids is 1. The minimum absolute atomic E-state index is 0.213. The summed E-state index contributed by atoms with van der Waals surface area (Å²) in [6, 6.07) is 15.4. The highest BCUT2D eigenvalue weighted by atomic mass is 16.5. The van der Waals surface area contributed by atoms with E-state index in [9.17, 15) is 4.79 Å². The van der Waals surface area contributed by atoms with E-state index in [0.717, 1.165) is 30.2 Å². The maximum Gasteiger partial charge on any atom is 0.254 e. The average molecular weight is 419 g/mol. The van der Waals surface area contributed by atoms with Gasteiger partial charge in [0.05, 0.1) is 30.8 Å². The molecule has 1 fully saturated rings. The van der Waals surface area contributed by atoms with Gasteiger partial charge in [-0.05, 0) is 30.3 Å². The van der Waals surface area contributed by atoms with Crippen LogP contribution in [-0.4, -0.2) is 56.1 Å². The van der Waals surface area contributed by atoms with Gasteiger partial charge in [-0.1, -0.05) is 18.2 Å². The van der Waals surface area contributed by atoms with Crippen molar-refractivity contribution >= 4 is 28.8 Å². The highest BCUT2D eigenvalue weighted by Crippen LogP contribution is 2.35. The molecule has 0 aliphatic carbocycles. The van der Waals surface area contributed by atoms with E-state index in [1.165, 1.54) is 6.20 Å². The predicted octanol–water partition coefficient (Wildman–Crippen LogP) is 3.29. The maximum atomic E-state index is 12.0. The maximum absolute atomic E-state index is 12.0. The van der Waals surface area contributed by atoms with Crippen molar-refractivity contribution < 1.29 is 9.53 Å². The zero-order valence-corrected chi connectivity index (χ0v) is 17.6. The van der Waals surface area contributed by atoms with E-state index in [2.05, 4.69) is 26.3 Å². The Morgan fingerprint density at radius 3 is 2.52 bits per heavy atom. The lowest BCUT2D eigenvalue weighted by atomic mass is 10.2. The number of nitrogens with two attached hydrogens (primary N) is 1. The van der Waals surface area contributed by atoms with Gasteiger partial charge in [0.1, 0.15) is 11.3 Å². The average Bonchev–Trinajstić information content (AvgIpc) is 3.23. The number of azo groups is 1. The first kappa shape index (κ1) is 20.5. The summed E-state index contributed by atoms with van der Waals surface area (Å²) in [5, 5.41) is 13.2. The van der Waals surface area contributed by atoms with Crippen LogP contribution in [-0.2, 0) is 4.74 Å². The van der Waals surface area contributed by atoms with Crippen molar-refractivity contribution in [2.75, 3.05) is 50.2 Å². The van der Waals surface area contributed by atoms with Crippen molar-refractivity contribution in [2.45, 2.75) is 0 Å². The molecular weight excluding hydrogens is 394 g/mol. The molecule has 0 unspecified atom stereocenters. The number of para-hydroxylation sites is 1. The molecule has 0 spiro atoms. The molecule has 9 heteroatoms. The second-order valence-corrected chi connectivity index (χ2v) is 7.36. The van der Waals surface area contributed by atoms with Crippen LogP contribution in [0.5, 0.6) is 0 Å². The fourth-order valence-corrected chi connectivity index (χ4v) is 3.40. The van der Waals surface area contributed by atoms with Crippen LogP contribution < -0.4 is 15.5 Å². The molecule has 4 rings (SSSR count). The van der Waals surface area contributed by atoms with Gasteiger partial charge < -0.3 is 20.3 Å². The van der Waals surface area contributed by atoms with Gasteiger partial charge in [-0.25, -0.2) is 4.68 Å². The first-order chi connectivity index (χ1) is 15.0. The topological polar surface area (TPSA) is 101 Å². The highest BCUT2D eigenvalue weighted by Gasteiger charge is 2.19. The molecule has 1 amide bonds. The Morgan fingerprint density at radius 1 is 1.10 bits per heavy atom. The summed E-state index contributed by atoms with van der Waals surface area (Å²) in [5.41, 5.74) is 9.25. The van der Waals surface area contributed by atoms with Crippen molar-refractivity contribution in [1.82, 2.24) is 9.78 Å². The number of amides is 1. The first-order valence-electron chi connectivity index (χ1n) is 10.0. The summed E-state index contributed by atoms with van der Waals surface area (Å²) in [6.07, 6.45) is 1.42. The molecule has 1 aliphatic rings. The molecule has 0 bridgehead atoms. The predicted molar refractivity (Wildman–Crippen MR) is 120 cm³/mol. The third-order valence-corrected chi connectivity index (χ3v) is 5.09. The number of anilines is 2. The second kappa shape index (κ2) is 8.97. The van der Waals surface area contributed by atoms with Crippen LogP contribution in [0.3, 0.4) is 0 Å². The van der Waals surface area contributed by atoms with Gasteiger partial charge in [-0.3, -0.25) is 4.79 Å². The Hall–Kier alpha value is -3.72. The third-order valence-electron chi connectivity index (χ3n) is 5.09. The smallest absolute Gasteiger partial charge is 0.254 e. The van der Waals surface area contributed by atoms with E-state index in [4.69, 9.17) is 10.5 Å². The molecule has 0 saturated carbocycles. The van der Waals surface area contributed by atoms with Crippen LogP contribution in [0.25, 0.3) is 5.69 Å². The number of primary amides is 1.